The van der Waals surface area contributed by atoms with Crippen molar-refractivity contribution >= 4 is 62.4 Å². The Labute approximate surface area is 258 Å². The van der Waals surface area contributed by atoms with E-state index in [1.165, 1.54) is 32.0 Å². The number of benzene rings is 2. The molecule has 2 fully saturated rings. The van der Waals surface area contributed by atoms with E-state index in [0.717, 1.165) is 5.02 Å². The second kappa shape index (κ2) is 14.9. The maximum atomic E-state index is 14.8. The summed E-state index contributed by atoms with van der Waals surface area (Å²) >= 11 is 5.05. The van der Waals surface area contributed by atoms with E-state index < -0.39 is 35.2 Å². The molecular weight excluding hydrogens is 624 g/mol. The molecule has 3 atom stereocenters. The topological polar surface area (TPSA) is 131 Å². The number of fused-ring (bicyclic) bond motifs is 1. The SMILES string of the molecule is Cc1cc2ccc(Cl)cc2s1.O=C1C(NS(=O)[O-])CCN1c1ccc(-n2ccnc2CN2CCC(F)C2)cc1F.O=CO. The average molecular weight is 653 g/mol. The van der Waals surface area contributed by atoms with Gasteiger partial charge in [0.2, 0.25) is 5.91 Å². The number of halogens is 3. The highest BCUT2D eigenvalue weighted by Gasteiger charge is 2.34. The van der Waals surface area contributed by atoms with Crippen molar-refractivity contribution < 1.29 is 32.2 Å². The summed E-state index contributed by atoms with van der Waals surface area (Å²) in [7, 11) is 0. The van der Waals surface area contributed by atoms with Gasteiger partial charge in [-0.05, 0) is 55.5 Å². The van der Waals surface area contributed by atoms with Crippen LogP contribution in [0.5, 0.6) is 0 Å². The van der Waals surface area contributed by atoms with Crippen LogP contribution in [0.4, 0.5) is 14.5 Å². The predicted octanol–water partition coefficient (Wildman–Crippen LogP) is 4.61. The van der Waals surface area contributed by atoms with Gasteiger partial charge in [-0.3, -0.25) is 18.7 Å². The Kier molecular flexibility index (Phi) is 11.3. The molecule has 2 aliphatic rings. The van der Waals surface area contributed by atoms with E-state index in [-0.39, 0.29) is 25.1 Å². The minimum atomic E-state index is -2.56. The van der Waals surface area contributed by atoms with Gasteiger partial charge in [0.15, 0.2) is 0 Å². The van der Waals surface area contributed by atoms with Crippen molar-refractivity contribution in [2.24, 2.45) is 0 Å². The van der Waals surface area contributed by atoms with Crippen LogP contribution in [0.3, 0.4) is 0 Å². The number of likely N-dealkylation sites (tertiary alicyclic amines) is 1. The third-order valence-corrected chi connectivity index (χ3v) is 8.57. The summed E-state index contributed by atoms with van der Waals surface area (Å²) in [6.45, 7) is 3.56. The summed E-state index contributed by atoms with van der Waals surface area (Å²) in [5, 5.41) is 9.00. The van der Waals surface area contributed by atoms with Crippen molar-refractivity contribution in [3.05, 3.63) is 76.4 Å². The zero-order chi connectivity index (χ0) is 31.1. The Hall–Kier alpha value is -3.27. The van der Waals surface area contributed by atoms with Crippen LogP contribution in [0.15, 0.2) is 54.9 Å². The molecule has 6 rings (SSSR count). The highest BCUT2D eigenvalue weighted by Crippen LogP contribution is 2.28. The van der Waals surface area contributed by atoms with Crippen molar-refractivity contribution in [2.75, 3.05) is 24.5 Å². The van der Waals surface area contributed by atoms with Gasteiger partial charge in [-0.2, -0.15) is 0 Å². The third kappa shape index (κ3) is 8.43. The summed E-state index contributed by atoms with van der Waals surface area (Å²) in [6, 6.07) is 11.8. The number of alkyl halides is 1. The van der Waals surface area contributed by atoms with Crippen LogP contribution in [0, 0.1) is 12.7 Å². The Bertz CT molecular complexity index is 1600. The summed E-state index contributed by atoms with van der Waals surface area (Å²) in [5.41, 5.74) is 0.637. The lowest BCUT2D eigenvalue weighted by molar-refractivity contribution is -0.123. The van der Waals surface area contributed by atoms with Gasteiger partial charge in [0.25, 0.3) is 6.47 Å². The summed E-state index contributed by atoms with van der Waals surface area (Å²) in [5.74, 6) is -0.408. The number of amides is 1. The van der Waals surface area contributed by atoms with Gasteiger partial charge in [0.05, 0.1) is 18.3 Å². The molecule has 2 aromatic heterocycles. The number of rotatable bonds is 6. The van der Waals surface area contributed by atoms with Gasteiger partial charge >= 0.3 is 0 Å². The standard InChI is InChI=1S/C18H21F2N5O3S.C9H7ClS.CH2O2/c19-12-3-6-23(10-12)11-17-21-5-8-24(17)13-1-2-16(14(20)9-13)25-7-4-15(18(25)26)22-29(27)28;1-6-4-7-2-3-8(10)5-9(7)11-6;2-1-3/h1-2,5,8-9,12,15,22H,3-4,6-7,10-11H2,(H,27,28);2-5H,1H3;1H,(H,2,3)/p-1. The van der Waals surface area contributed by atoms with Gasteiger partial charge in [-0.25, -0.2) is 18.5 Å². The average Bonchev–Trinajstić information content (AvgIpc) is 3.74. The molecule has 0 saturated carbocycles. The number of nitrogens with one attached hydrogen (secondary N) is 1. The van der Waals surface area contributed by atoms with Crippen molar-refractivity contribution in [2.45, 2.75) is 38.5 Å². The number of nitrogens with zero attached hydrogens (tertiary/aromatic N) is 4. The van der Waals surface area contributed by atoms with Crippen molar-refractivity contribution in [1.82, 2.24) is 19.2 Å². The van der Waals surface area contributed by atoms with Gasteiger partial charge in [0, 0.05) is 69.6 Å². The fourth-order valence-electron chi connectivity index (χ4n) is 4.96. The van der Waals surface area contributed by atoms with Crippen molar-refractivity contribution in [3.8, 4) is 5.69 Å². The lowest BCUT2D eigenvalue weighted by Crippen LogP contribution is -2.39. The molecule has 43 heavy (non-hydrogen) atoms. The first kappa shape index (κ1) is 32.6. The van der Waals surface area contributed by atoms with Gasteiger partial charge < -0.3 is 19.1 Å². The number of thiophene rings is 1. The first-order valence-corrected chi connectivity index (χ1v) is 15.5. The van der Waals surface area contributed by atoms with E-state index in [2.05, 4.69) is 28.8 Å². The van der Waals surface area contributed by atoms with Crippen LogP contribution in [0.1, 0.15) is 23.5 Å². The smallest absolute Gasteiger partial charge is 0.290 e. The molecule has 2 N–H and O–H groups in total. The number of carbonyl (C=O) groups is 2. The molecule has 2 saturated heterocycles. The quantitative estimate of drug-likeness (QED) is 0.230. The monoisotopic (exact) mass is 652 g/mol. The van der Waals surface area contributed by atoms with Crippen LogP contribution in [-0.4, -0.2) is 72.5 Å². The molecule has 3 unspecified atom stereocenters. The number of anilines is 1. The first-order chi connectivity index (χ1) is 20.6. The third-order valence-electron chi connectivity index (χ3n) is 6.85. The Morgan fingerprint density at radius 3 is 2.67 bits per heavy atom. The van der Waals surface area contributed by atoms with Crippen molar-refractivity contribution in [1.29, 1.82) is 0 Å². The molecular formula is C28H29ClF2N5O5S2-. The van der Waals surface area contributed by atoms with Crippen molar-refractivity contribution in [3.63, 3.8) is 0 Å². The van der Waals surface area contributed by atoms with E-state index in [1.807, 2.05) is 17.0 Å². The van der Waals surface area contributed by atoms with Crippen LogP contribution >= 0.6 is 22.9 Å². The molecule has 4 heterocycles. The Morgan fingerprint density at radius 2 is 2.00 bits per heavy atom. The summed E-state index contributed by atoms with van der Waals surface area (Å²) < 4.78 is 54.9. The van der Waals surface area contributed by atoms with E-state index in [1.54, 1.807) is 34.4 Å². The molecule has 15 heteroatoms. The molecule has 0 aliphatic carbocycles. The minimum Gasteiger partial charge on any atom is -0.760 e. The highest BCUT2D eigenvalue weighted by molar-refractivity contribution is 7.77. The maximum absolute atomic E-state index is 14.8. The number of hydrogen-bond acceptors (Lipinski definition) is 7. The largest absolute Gasteiger partial charge is 0.760 e. The maximum Gasteiger partial charge on any atom is 0.290 e. The molecule has 0 bridgehead atoms. The zero-order valence-electron chi connectivity index (χ0n) is 23.0. The van der Waals surface area contributed by atoms with E-state index in [0.29, 0.717) is 37.6 Å². The Balaban J connectivity index is 0.000000249. The second-order valence-corrected chi connectivity index (χ2v) is 12.2. The highest BCUT2D eigenvalue weighted by atomic mass is 35.5. The Morgan fingerprint density at radius 1 is 1.23 bits per heavy atom. The first-order valence-electron chi connectivity index (χ1n) is 13.2. The van der Waals surface area contributed by atoms with Crippen LogP contribution in [0.2, 0.25) is 5.02 Å². The fourth-order valence-corrected chi connectivity index (χ4v) is 6.61. The number of hydrogen-bond donors (Lipinski definition) is 2. The number of imidazole rings is 1. The second-order valence-electron chi connectivity index (χ2n) is 9.80. The number of aryl methyl sites for hydroxylation is 1. The zero-order valence-corrected chi connectivity index (χ0v) is 25.4. The summed E-state index contributed by atoms with van der Waals surface area (Å²) in [6.07, 6.45) is 3.25. The van der Waals surface area contributed by atoms with E-state index in [9.17, 15) is 22.3 Å². The summed E-state index contributed by atoms with van der Waals surface area (Å²) in [4.78, 5) is 29.6. The normalized spacial score (nSPS) is 19.1. The molecule has 2 aromatic carbocycles. The molecule has 0 spiro atoms. The molecule has 0 radical (unpaired) electrons. The van der Waals surface area contributed by atoms with Gasteiger partial charge in [-0.15, -0.1) is 11.3 Å². The molecule has 230 valence electrons. The lowest BCUT2D eigenvalue weighted by atomic mass is 10.2. The number of aromatic nitrogens is 2. The van der Waals surface area contributed by atoms with Crippen LogP contribution in [0.25, 0.3) is 15.8 Å². The molecule has 2 aliphatic heterocycles. The molecule has 10 nitrogen and oxygen atoms in total. The van der Waals surface area contributed by atoms with Gasteiger partial charge in [0.1, 0.15) is 17.8 Å². The van der Waals surface area contributed by atoms with Crippen LogP contribution < -0.4 is 9.62 Å². The fraction of sp³-hybridized carbons (Fsp3) is 0.321. The molecule has 1 amide bonds. The van der Waals surface area contributed by atoms with Crippen LogP contribution in [-0.2, 0) is 27.4 Å². The predicted molar refractivity (Wildman–Crippen MR) is 161 cm³/mol. The lowest BCUT2D eigenvalue weighted by Gasteiger charge is -2.20. The molecule has 4 aromatic rings. The minimum absolute atomic E-state index is 0.0983. The van der Waals surface area contributed by atoms with E-state index in [4.69, 9.17) is 21.5 Å². The number of carbonyl (C=O) groups excluding carboxylic acids is 1. The van der Waals surface area contributed by atoms with E-state index >= 15 is 0 Å². The van der Waals surface area contributed by atoms with Gasteiger partial charge in [-0.1, -0.05) is 17.7 Å². The number of carboxylic acid groups (broad SMARTS) is 1.